The number of amides is 1. The number of hydrogen-bond donors (Lipinski definition) is 2. The van der Waals surface area contributed by atoms with Gasteiger partial charge >= 0.3 is 0 Å². The normalized spacial score (nSPS) is 10.6. The summed E-state index contributed by atoms with van der Waals surface area (Å²) < 4.78 is 0.766. The number of benzene rings is 1. The van der Waals surface area contributed by atoms with Crippen LogP contribution in [0, 0.1) is 0 Å². The summed E-state index contributed by atoms with van der Waals surface area (Å²) >= 11 is 2.81. The molecule has 0 spiro atoms. The molecule has 0 saturated carbocycles. The van der Waals surface area contributed by atoms with E-state index in [0.29, 0.717) is 18.2 Å². The number of rotatable bonds is 8. The number of anilines is 2. The van der Waals surface area contributed by atoms with Crippen LogP contribution in [0.2, 0.25) is 0 Å². The molecule has 122 valence electrons. The van der Waals surface area contributed by atoms with Crippen molar-refractivity contribution in [3.63, 3.8) is 0 Å². The van der Waals surface area contributed by atoms with Crippen LogP contribution in [0.3, 0.4) is 0 Å². The number of aromatic nitrogens is 2. The minimum atomic E-state index is -0.0527. The Hall–Kier alpha value is -1.86. The van der Waals surface area contributed by atoms with Crippen LogP contribution in [0.15, 0.2) is 41.3 Å². The van der Waals surface area contributed by atoms with E-state index in [2.05, 4.69) is 41.3 Å². The fourth-order valence-corrected chi connectivity index (χ4v) is 3.33. The molecule has 7 heteroatoms. The van der Waals surface area contributed by atoms with Crippen molar-refractivity contribution in [1.29, 1.82) is 0 Å². The molecule has 2 N–H and O–H groups in total. The Bertz CT molecular complexity index is 652. The van der Waals surface area contributed by atoms with Crippen LogP contribution >= 0.6 is 23.1 Å². The topological polar surface area (TPSA) is 66.9 Å². The fraction of sp³-hybridized carbons (Fsp3) is 0.312. The first-order valence-corrected chi connectivity index (χ1v) is 9.09. The lowest BCUT2D eigenvalue weighted by molar-refractivity contribution is -0.113. The van der Waals surface area contributed by atoms with Crippen LogP contribution in [0.25, 0.3) is 0 Å². The number of nitrogens with one attached hydrogen (secondary N) is 2. The third kappa shape index (κ3) is 5.69. The molecule has 0 atom stereocenters. The maximum absolute atomic E-state index is 12.0. The standard InChI is InChI=1S/C16H20N4OS2/c1-4-9-17-15-19-20-16(23-15)22-10-14(21)18-13-7-5-12(6-8-13)11(2)3/h4-8,11H,1,9-10H2,2-3H3,(H,17,19)(H,18,21). The first-order chi connectivity index (χ1) is 11.1. The van der Waals surface area contributed by atoms with Gasteiger partial charge in [-0.2, -0.15) is 0 Å². The van der Waals surface area contributed by atoms with Crippen LogP contribution < -0.4 is 10.6 Å². The molecule has 0 radical (unpaired) electrons. The molecular formula is C16H20N4OS2. The molecule has 1 aromatic carbocycles. The largest absolute Gasteiger partial charge is 0.357 e. The van der Waals surface area contributed by atoms with E-state index in [0.717, 1.165) is 15.2 Å². The average molecular weight is 348 g/mol. The zero-order valence-corrected chi connectivity index (χ0v) is 14.8. The molecule has 1 amide bonds. The number of carbonyl (C=O) groups excluding carboxylic acids is 1. The molecule has 2 aromatic rings. The molecule has 2 rings (SSSR count). The molecule has 0 fully saturated rings. The lowest BCUT2D eigenvalue weighted by atomic mass is 10.0. The molecule has 0 saturated heterocycles. The molecule has 0 aliphatic carbocycles. The van der Waals surface area contributed by atoms with E-state index in [4.69, 9.17) is 0 Å². The second-order valence-corrected chi connectivity index (χ2v) is 7.36. The fourth-order valence-electron chi connectivity index (χ4n) is 1.77. The summed E-state index contributed by atoms with van der Waals surface area (Å²) in [6.45, 7) is 8.56. The summed E-state index contributed by atoms with van der Waals surface area (Å²) in [6.07, 6.45) is 1.76. The third-order valence-electron chi connectivity index (χ3n) is 2.99. The van der Waals surface area contributed by atoms with Crippen molar-refractivity contribution in [1.82, 2.24) is 10.2 Å². The highest BCUT2D eigenvalue weighted by Gasteiger charge is 2.08. The van der Waals surface area contributed by atoms with Crippen molar-refractivity contribution >= 4 is 39.8 Å². The summed E-state index contributed by atoms with van der Waals surface area (Å²) in [5, 5.41) is 14.7. The summed E-state index contributed by atoms with van der Waals surface area (Å²) in [7, 11) is 0. The molecule has 0 aliphatic rings. The van der Waals surface area contributed by atoms with Gasteiger partial charge in [-0.25, -0.2) is 0 Å². The number of thioether (sulfide) groups is 1. The van der Waals surface area contributed by atoms with Crippen LogP contribution in [0.4, 0.5) is 10.8 Å². The number of carbonyl (C=O) groups is 1. The van der Waals surface area contributed by atoms with Gasteiger partial charge in [0.2, 0.25) is 11.0 Å². The molecule has 5 nitrogen and oxygen atoms in total. The molecule has 1 aromatic heterocycles. The smallest absolute Gasteiger partial charge is 0.234 e. The third-order valence-corrected chi connectivity index (χ3v) is 5.01. The van der Waals surface area contributed by atoms with Gasteiger partial charge in [-0.3, -0.25) is 4.79 Å². The van der Waals surface area contributed by atoms with Crippen LogP contribution in [0.5, 0.6) is 0 Å². The number of nitrogens with zero attached hydrogens (tertiary/aromatic N) is 2. The van der Waals surface area contributed by atoms with Gasteiger partial charge in [0.25, 0.3) is 0 Å². The predicted octanol–water partition coefficient (Wildman–Crippen LogP) is 3.99. The Morgan fingerprint density at radius 2 is 2.09 bits per heavy atom. The second-order valence-electron chi connectivity index (χ2n) is 5.16. The zero-order chi connectivity index (χ0) is 16.7. The Morgan fingerprint density at radius 1 is 1.35 bits per heavy atom. The van der Waals surface area contributed by atoms with E-state index in [1.165, 1.54) is 28.7 Å². The summed E-state index contributed by atoms with van der Waals surface area (Å²) in [5.74, 6) is 0.738. The van der Waals surface area contributed by atoms with Gasteiger partial charge in [0.05, 0.1) is 5.75 Å². The van der Waals surface area contributed by atoms with Gasteiger partial charge < -0.3 is 10.6 Å². The predicted molar refractivity (Wildman–Crippen MR) is 98.5 cm³/mol. The van der Waals surface area contributed by atoms with E-state index < -0.39 is 0 Å². The van der Waals surface area contributed by atoms with Crippen molar-refractivity contribution < 1.29 is 4.79 Å². The van der Waals surface area contributed by atoms with Gasteiger partial charge in [-0.15, -0.1) is 16.8 Å². The molecule has 0 unspecified atom stereocenters. The molecule has 1 heterocycles. The lowest BCUT2D eigenvalue weighted by Gasteiger charge is -2.08. The van der Waals surface area contributed by atoms with Crippen LogP contribution in [0.1, 0.15) is 25.3 Å². The van der Waals surface area contributed by atoms with Crippen molar-refractivity contribution in [2.45, 2.75) is 24.1 Å². The zero-order valence-electron chi connectivity index (χ0n) is 13.2. The maximum Gasteiger partial charge on any atom is 0.234 e. The van der Waals surface area contributed by atoms with Gasteiger partial charge in [0.1, 0.15) is 0 Å². The average Bonchev–Trinajstić information content (AvgIpc) is 2.99. The van der Waals surface area contributed by atoms with Gasteiger partial charge in [0.15, 0.2) is 4.34 Å². The van der Waals surface area contributed by atoms with Gasteiger partial charge in [0, 0.05) is 12.2 Å². The van der Waals surface area contributed by atoms with Gasteiger partial charge in [-0.1, -0.05) is 55.2 Å². The highest BCUT2D eigenvalue weighted by molar-refractivity contribution is 8.01. The van der Waals surface area contributed by atoms with Crippen molar-refractivity contribution in [3.05, 3.63) is 42.5 Å². The minimum absolute atomic E-state index is 0.0527. The Morgan fingerprint density at radius 3 is 2.74 bits per heavy atom. The van der Waals surface area contributed by atoms with Crippen LogP contribution in [-0.4, -0.2) is 28.4 Å². The van der Waals surface area contributed by atoms with Crippen molar-refractivity contribution in [2.75, 3.05) is 22.9 Å². The Kier molecular flexibility index (Phi) is 6.61. The maximum atomic E-state index is 12.0. The summed E-state index contributed by atoms with van der Waals surface area (Å²) in [5.41, 5.74) is 2.07. The van der Waals surface area contributed by atoms with Crippen molar-refractivity contribution in [2.24, 2.45) is 0 Å². The quantitative estimate of drug-likeness (QED) is 0.558. The molecule has 23 heavy (non-hydrogen) atoms. The van der Waals surface area contributed by atoms with E-state index in [9.17, 15) is 4.79 Å². The van der Waals surface area contributed by atoms with E-state index in [1.54, 1.807) is 6.08 Å². The lowest BCUT2D eigenvalue weighted by Crippen LogP contribution is -2.13. The van der Waals surface area contributed by atoms with E-state index >= 15 is 0 Å². The van der Waals surface area contributed by atoms with E-state index in [1.807, 2.05) is 24.3 Å². The first-order valence-electron chi connectivity index (χ1n) is 7.29. The SMILES string of the molecule is C=CCNc1nnc(SCC(=O)Nc2ccc(C(C)C)cc2)s1. The first kappa shape index (κ1) is 17.5. The molecule has 0 bridgehead atoms. The van der Waals surface area contributed by atoms with Crippen molar-refractivity contribution in [3.8, 4) is 0 Å². The Balaban J connectivity index is 1.80. The molecular weight excluding hydrogens is 328 g/mol. The number of hydrogen-bond acceptors (Lipinski definition) is 6. The van der Waals surface area contributed by atoms with Crippen LogP contribution in [-0.2, 0) is 4.79 Å². The van der Waals surface area contributed by atoms with E-state index in [-0.39, 0.29) is 5.91 Å². The highest BCUT2D eigenvalue weighted by atomic mass is 32.2. The summed E-state index contributed by atoms with van der Waals surface area (Å²) in [6, 6.07) is 7.94. The summed E-state index contributed by atoms with van der Waals surface area (Å²) in [4.78, 5) is 12.0. The Labute approximate surface area is 144 Å². The molecule has 0 aliphatic heterocycles. The monoisotopic (exact) mass is 348 g/mol. The highest BCUT2D eigenvalue weighted by Crippen LogP contribution is 2.25. The minimum Gasteiger partial charge on any atom is -0.357 e. The van der Waals surface area contributed by atoms with Gasteiger partial charge in [-0.05, 0) is 23.6 Å². The second kappa shape index (κ2) is 8.69.